The molecule has 0 spiro atoms. The third-order valence-electron chi connectivity index (χ3n) is 3.89. The number of nitrogens with zero attached hydrogens (tertiary/aromatic N) is 1. The molecule has 4 nitrogen and oxygen atoms in total. The van der Waals surface area contributed by atoms with Crippen molar-refractivity contribution in [1.82, 2.24) is 4.90 Å². The molecule has 2 atom stereocenters. The molecule has 1 fully saturated rings. The molecule has 0 aliphatic carbocycles. The molecule has 1 heterocycles. The minimum absolute atomic E-state index is 0.0000180. The van der Waals surface area contributed by atoms with Crippen LogP contribution in [0.25, 0.3) is 0 Å². The minimum atomic E-state index is -0.883. The van der Waals surface area contributed by atoms with Crippen LogP contribution >= 0.6 is 0 Å². The highest BCUT2D eigenvalue weighted by atomic mass is 32.2. The van der Waals surface area contributed by atoms with Crippen LogP contribution in [0.4, 0.5) is 0 Å². The zero-order valence-electron chi connectivity index (χ0n) is 12.8. The maximum absolute atomic E-state index is 12.6. The van der Waals surface area contributed by atoms with Crippen LogP contribution in [0.15, 0.2) is 60.7 Å². The molecule has 0 N–H and O–H groups in total. The number of carbonyl (C=O) groups is 1. The molecule has 0 radical (unpaired) electrons. The van der Waals surface area contributed by atoms with E-state index in [1.807, 2.05) is 60.7 Å². The first-order valence-electron chi connectivity index (χ1n) is 7.61. The maximum Gasteiger partial charge on any atom is 0.261 e. The molecule has 1 saturated heterocycles. The number of carbonyl (C=O) groups excluding carboxylic acids is 1. The highest BCUT2D eigenvalue weighted by molar-refractivity contribution is 7.85. The summed E-state index contributed by atoms with van der Waals surface area (Å²) in [6.45, 7) is 0.503. The Kier molecular flexibility index (Phi) is 5.08. The maximum atomic E-state index is 12.6. The smallest absolute Gasteiger partial charge is 0.261 e. The van der Waals surface area contributed by atoms with Crippen LogP contribution in [0, 0.1) is 0 Å². The number of ether oxygens (including phenoxy) is 1. The van der Waals surface area contributed by atoms with E-state index in [1.165, 1.54) is 0 Å². The number of hydrogen-bond donors (Lipinski definition) is 0. The Labute approximate surface area is 138 Å². The van der Waals surface area contributed by atoms with Gasteiger partial charge in [0.05, 0.1) is 6.04 Å². The van der Waals surface area contributed by atoms with Crippen LogP contribution in [0.2, 0.25) is 0 Å². The summed E-state index contributed by atoms with van der Waals surface area (Å²) in [5, 5.41) is 0. The van der Waals surface area contributed by atoms with Crippen molar-refractivity contribution in [3.8, 4) is 5.75 Å². The van der Waals surface area contributed by atoms with Gasteiger partial charge in [-0.2, -0.15) is 0 Å². The van der Waals surface area contributed by atoms with E-state index >= 15 is 0 Å². The van der Waals surface area contributed by atoms with Gasteiger partial charge in [0.2, 0.25) is 0 Å². The quantitative estimate of drug-likeness (QED) is 0.865. The van der Waals surface area contributed by atoms with E-state index in [0.29, 0.717) is 23.8 Å². The van der Waals surface area contributed by atoms with Gasteiger partial charge in [-0.3, -0.25) is 9.00 Å². The summed E-state index contributed by atoms with van der Waals surface area (Å²) in [4.78, 5) is 14.4. The molecular formula is C18H19NO3S. The van der Waals surface area contributed by atoms with Crippen molar-refractivity contribution < 1.29 is 13.7 Å². The van der Waals surface area contributed by atoms with E-state index in [-0.39, 0.29) is 18.6 Å². The summed E-state index contributed by atoms with van der Waals surface area (Å²) < 4.78 is 17.5. The summed E-state index contributed by atoms with van der Waals surface area (Å²) >= 11 is 0. The molecule has 2 unspecified atom stereocenters. The Morgan fingerprint density at radius 3 is 2.43 bits per heavy atom. The lowest BCUT2D eigenvalue weighted by Gasteiger charge is -2.35. The van der Waals surface area contributed by atoms with E-state index in [0.717, 1.165) is 5.56 Å². The van der Waals surface area contributed by atoms with Gasteiger partial charge >= 0.3 is 0 Å². The molecule has 5 heteroatoms. The van der Waals surface area contributed by atoms with Gasteiger partial charge in [-0.15, -0.1) is 0 Å². The largest absolute Gasteiger partial charge is 0.484 e. The SMILES string of the molecule is O=C(COc1ccccc1)N1CCS(=O)CC1c1ccccc1. The monoisotopic (exact) mass is 329 g/mol. The average Bonchev–Trinajstić information content (AvgIpc) is 2.61. The number of hydrogen-bond acceptors (Lipinski definition) is 3. The fraction of sp³-hybridized carbons (Fsp3) is 0.278. The highest BCUT2D eigenvalue weighted by Crippen LogP contribution is 2.25. The van der Waals surface area contributed by atoms with Gasteiger partial charge in [-0.05, 0) is 17.7 Å². The molecule has 0 aromatic heterocycles. The Hall–Kier alpha value is -2.14. The molecule has 1 amide bonds. The Bertz CT molecular complexity index is 675. The molecule has 2 aromatic rings. The molecule has 120 valence electrons. The Morgan fingerprint density at radius 1 is 1.09 bits per heavy atom. The lowest BCUT2D eigenvalue weighted by atomic mass is 10.1. The molecule has 1 aliphatic rings. The zero-order chi connectivity index (χ0) is 16.1. The first kappa shape index (κ1) is 15.7. The number of rotatable bonds is 4. The van der Waals surface area contributed by atoms with Crippen molar-refractivity contribution in [2.45, 2.75) is 6.04 Å². The lowest BCUT2D eigenvalue weighted by molar-refractivity contribution is -0.135. The average molecular weight is 329 g/mol. The minimum Gasteiger partial charge on any atom is -0.484 e. The molecule has 1 aliphatic heterocycles. The van der Waals surface area contributed by atoms with E-state index < -0.39 is 10.8 Å². The fourth-order valence-electron chi connectivity index (χ4n) is 2.70. The first-order valence-corrected chi connectivity index (χ1v) is 9.10. The standard InChI is InChI=1S/C18H19NO3S/c20-18(13-22-16-9-5-2-6-10-16)19-11-12-23(21)14-17(19)15-7-3-1-4-8-15/h1-10,17H,11-14H2. The van der Waals surface area contributed by atoms with Gasteiger partial charge in [-0.1, -0.05) is 48.5 Å². The van der Waals surface area contributed by atoms with Crippen LogP contribution in [0.1, 0.15) is 11.6 Å². The first-order chi connectivity index (χ1) is 11.2. The van der Waals surface area contributed by atoms with Crippen molar-refractivity contribution in [2.75, 3.05) is 24.7 Å². The van der Waals surface area contributed by atoms with Crippen molar-refractivity contribution in [3.05, 3.63) is 66.2 Å². The molecular weight excluding hydrogens is 310 g/mol. The summed E-state index contributed by atoms with van der Waals surface area (Å²) in [5.41, 5.74) is 1.02. The predicted molar refractivity (Wildman–Crippen MR) is 90.7 cm³/mol. The lowest BCUT2D eigenvalue weighted by Crippen LogP contribution is -2.46. The van der Waals surface area contributed by atoms with Crippen LogP contribution in [0.5, 0.6) is 5.75 Å². The van der Waals surface area contributed by atoms with Crippen LogP contribution in [-0.2, 0) is 15.6 Å². The van der Waals surface area contributed by atoms with Crippen LogP contribution < -0.4 is 4.74 Å². The van der Waals surface area contributed by atoms with E-state index in [2.05, 4.69) is 0 Å². The van der Waals surface area contributed by atoms with Crippen molar-refractivity contribution in [1.29, 1.82) is 0 Å². The third kappa shape index (κ3) is 3.99. The van der Waals surface area contributed by atoms with Crippen molar-refractivity contribution in [3.63, 3.8) is 0 Å². The third-order valence-corrected chi connectivity index (χ3v) is 5.22. The van der Waals surface area contributed by atoms with Crippen LogP contribution in [-0.4, -0.2) is 39.7 Å². The molecule has 0 saturated carbocycles. The van der Waals surface area contributed by atoms with Gasteiger partial charge in [0.1, 0.15) is 5.75 Å². The topological polar surface area (TPSA) is 46.6 Å². The molecule has 3 rings (SSSR count). The normalized spacial score (nSPS) is 21.0. The van der Waals surface area contributed by atoms with Gasteiger partial charge in [-0.25, -0.2) is 0 Å². The second-order valence-corrected chi connectivity index (χ2v) is 7.05. The fourth-order valence-corrected chi connectivity index (χ4v) is 3.99. The van der Waals surface area contributed by atoms with Crippen LogP contribution in [0.3, 0.4) is 0 Å². The van der Waals surface area contributed by atoms with Crippen molar-refractivity contribution in [2.24, 2.45) is 0 Å². The zero-order valence-corrected chi connectivity index (χ0v) is 13.6. The Balaban J connectivity index is 1.70. The predicted octanol–water partition coefficient (Wildman–Crippen LogP) is 2.40. The second-order valence-electron chi connectivity index (χ2n) is 5.43. The van der Waals surface area contributed by atoms with Gasteiger partial charge in [0.15, 0.2) is 6.61 Å². The number of benzene rings is 2. The second kappa shape index (κ2) is 7.42. The van der Waals surface area contributed by atoms with Gasteiger partial charge in [0.25, 0.3) is 5.91 Å². The summed E-state index contributed by atoms with van der Waals surface area (Å²) in [6.07, 6.45) is 0. The highest BCUT2D eigenvalue weighted by Gasteiger charge is 2.31. The van der Waals surface area contributed by atoms with E-state index in [1.54, 1.807) is 4.90 Å². The van der Waals surface area contributed by atoms with Crippen molar-refractivity contribution >= 4 is 16.7 Å². The van der Waals surface area contributed by atoms with Gasteiger partial charge in [0, 0.05) is 28.9 Å². The molecule has 23 heavy (non-hydrogen) atoms. The number of para-hydroxylation sites is 1. The Morgan fingerprint density at radius 2 is 1.74 bits per heavy atom. The van der Waals surface area contributed by atoms with Gasteiger partial charge < -0.3 is 9.64 Å². The van der Waals surface area contributed by atoms with E-state index in [4.69, 9.17) is 4.74 Å². The summed E-state index contributed by atoms with van der Waals surface area (Å²) in [7, 11) is -0.883. The molecule has 2 aromatic carbocycles. The summed E-state index contributed by atoms with van der Waals surface area (Å²) in [6, 6.07) is 18.9. The number of amides is 1. The summed E-state index contributed by atoms with van der Waals surface area (Å²) in [5.74, 6) is 1.62. The molecule has 0 bridgehead atoms. The van der Waals surface area contributed by atoms with E-state index in [9.17, 15) is 9.00 Å².